The Balaban J connectivity index is 2.95. The first kappa shape index (κ1) is 11.7. The molecule has 0 radical (unpaired) electrons. The summed E-state index contributed by atoms with van der Waals surface area (Å²) in [5.74, 6) is 0. The van der Waals surface area contributed by atoms with Gasteiger partial charge in [0.1, 0.15) is 0 Å². The molecule has 0 atom stereocenters. The van der Waals surface area contributed by atoms with Gasteiger partial charge in [0, 0.05) is 0 Å². The Bertz CT molecular complexity index is 103. The molecule has 0 heterocycles. The van der Waals surface area contributed by atoms with Gasteiger partial charge in [-0.2, -0.15) is 0 Å². The van der Waals surface area contributed by atoms with Crippen molar-refractivity contribution in [1.82, 2.24) is 0 Å². The zero-order valence-electron chi connectivity index (χ0n) is 8.86. The van der Waals surface area contributed by atoms with Gasteiger partial charge >= 0.3 is 0 Å². The molecule has 0 saturated carbocycles. The Morgan fingerprint density at radius 2 is 1.50 bits per heavy atom. The normalized spacial score (nSPS) is 10.2. The summed E-state index contributed by atoms with van der Waals surface area (Å²) >= 11 is 0. The van der Waals surface area contributed by atoms with Gasteiger partial charge in [0.25, 0.3) is 0 Å². The molecule has 0 amide bonds. The molecule has 72 valence electrons. The zero-order valence-corrected chi connectivity index (χ0v) is 8.86. The van der Waals surface area contributed by atoms with Crippen LogP contribution >= 0.6 is 0 Å². The number of allylic oxidation sites excluding steroid dienone is 1. The van der Waals surface area contributed by atoms with Gasteiger partial charge in [-0.15, -0.1) is 0 Å². The monoisotopic (exact) mass is 168 g/mol. The van der Waals surface area contributed by atoms with Gasteiger partial charge < -0.3 is 0 Å². The molecule has 0 heteroatoms. The van der Waals surface area contributed by atoms with Crippen molar-refractivity contribution >= 4 is 0 Å². The van der Waals surface area contributed by atoms with Gasteiger partial charge in [0.15, 0.2) is 0 Å². The molecule has 0 unspecified atom stereocenters. The van der Waals surface area contributed by atoms with Crippen LogP contribution < -0.4 is 0 Å². The Hall–Kier alpha value is -0.260. The first-order chi connectivity index (χ1) is 5.81. The molecule has 0 bridgehead atoms. The minimum Gasteiger partial charge on any atom is -0.0999 e. The van der Waals surface area contributed by atoms with Crippen molar-refractivity contribution in [3.8, 4) is 0 Å². The predicted octanol–water partition coefficient (Wildman–Crippen LogP) is 4.70. The molecule has 0 nitrogen and oxygen atoms in total. The number of hydrogen-bond donors (Lipinski definition) is 0. The highest BCUT2D eigenvalue weighted by molar-refractivity contribution is 4.91. The first-order valence-corrected chi connectivity index (χ1v) is 5.47. The van der Waals surface area contributed by atoms with Crippen molar-refractivity contribution in [1.29, 1.82) is 0 Å². The van der Waals surface area contributed by atoms with Crippen LogP contribution in [0, 0.1) is 0 Å². The highest BCUT2D eigenvalue weighted by Crippen LogP contribution is 2.12. The molecular weight excluding hydrogens is 144 g/mol. The Morgan fingerprint density at radius 3 is 2.08 bits per heavy atom. The van der Waals surface area contributed by atoms with Gasteiger partial charge in [0.2, 0.25) is 0 Å². The fourth-order valence-electron chi connectivity index (χ4n) is 1.33. The predicted molar refractivity (Wildman–Crippen MR) is 57.4 cm³/mol. The average Bonchev–Trinajstić information content (AvgIpc) is 2.10. The maximum atomic E-state index is 4.01. The second kappa shape index (κ2) is 8.83. The number of unbranched alkanes of at least 4 members (excludes halogenated alkanes) is 5. The summed E-state index contributed by atoms with van der Waals surface area (Å²) in [5.41, 5.74) is 1.42. The lowest BCUT2D eigenvalue weighted by Gasteiger charge is -2.01. The second-order valence-electron chi connectivity index (χ2n) is 3.62. The first-order valence-electron chi connectivity index (χ1n) is 5.47. The fourth-order valence-corrected chi connectivity index (χ4v) is 1.33. The molecule has 0 N–H and O–H groups in total. The van der Waals surface area contributed by atoms with E-state index in [1.807, 2.05) is 0 Å². The van der Waals surface area contributed by atoms with E-state index in [-0.39, 0.29) is 0 Å². The highest BCUT2D eigenvalue weighted by atomic mass is 14.0. The van der Waals surface area contributed by atoms with Crippen molar-refractivity contribution in [3.63, 3.8) is 0 Å². The molecule has 0 aromatic carbocycles. The van der Waals surface area contributed by atoms with E-state index < -0.39 is 0 Å². The van der Waals surface area contributed by atoms with Gasteiger partial charge in [-0.3, -0.25) is 0 Å². The van der Waals surface area contributed by atoms with Crippen molar-refractivity contribution in [2.75, 3.05) is 0 Å². The van der Waals surface area contributed by atoms with Gasteiger partial charge in [-0.1, -0.05) is 58.1 Å². The quantitative estimate of drug-likeness (QED) is 0.364. The lowest BCUT2D eigenvalue weighted by Crippen LogP contribution is -1.81. The molecule has 0 aliphatic rings. The molecular formula is C12H24. The van der Waals surface area contributed by atoms with Crippen molar-refractivity contribution in [2.24, 2.45) is 0 Å². The van der Waals surface area contributed by atoms with E-state index in [1.54, 1.807) is 0 Å². The molecule has 0 fully saturated rings. The van der Waals surface area contributed by atoms with Crippen molar-refractivity contribution in [2.45, 2.75) is 65.2 Å². The third-order valence-electron chi connectivity index (χ3n) is 2.38. The zero-order chi connectivity index (χ0) is 9.23. The minimum absolute atomic E-state index is 1.16. The highest BCUT2D eigenvalue weighted by Gasteiger charge is 1.92. The molecule has 0 rings (SSSR count). The van der Waals surface area contributed by atoms with Crippen LogP contribution in [0.5, 0.6) is 0 Å². The summed E-state index contributed by atoms with van der Waals surface area (Å²) in [5, 5.41) is 0. The second-order valence-corrected chi connectivity index (χ2v) is 3.62. The Kier molecular flexibility index (Phi) is 8.64. The van der Waals surface area contributed by atoms with Crippen LogP contribution in [0.2, 0.25) is 0 Å². The van der Waals surface area contributed by atoms with Crippen LogP contribution in [0.15, 0.2) is 12.2 Å². The van der Waals surface area contributed by atoms with Crippen LogP contribution in [0.1, 0.15) is 65.2 Å². The number of hydrogen-bond acceptors (Lipinski definition) is 0. The third-order valence-corrected chi connectivity index (χ3v) is 2.38. The van der Waals surface area contributed by atoms with Crippen LogP contribution in [-0.4, -0.2) is 0 Å². The molecule has 12 heavy (non-hydrogen) atoms. The SMILES string of the molecule is C=C(CC)CCCCCCCC. The van der Waals surface area contributed by atoms with E-state index >= 15 is 0 Å². The maximum Gasteiger partial charge on any atom is -0.0323 e. The van der Waals surface area contributed by atoms with Crippen LogP contribution in [0.3, 0.4) is 0 Å². The van der Waals surface area contributed by atoms with Crippen LogP contribution in [0.25, 0.3) is 0 Å². The summed E-state index contributed by atoms with van der Waals surface area (Å²) in [4.78, 5) is 0. The molecule has 0 spiro atoms. The van der Waals surface area contributed by atoms with E-state index in [2.05, 4.69) is 20.4 Å². The molecule has 0 saturated heterocycles. The van der Waals surface area contributed by atoms with Gasteiger partial charge in [0.05, 0.1) is 0 Å². The lowest BCUT2D eigenvalue weighted by molar-refractivity contribution is 0.604. The van der Waals surface area contributed by atoms with Crippen molar-refractivity contribution in [3.05, 3.63) is 12.2 Å². The van der Waals surface area contributed by atoms with E-state index in [1.165, 1.54) is 50.5 Å². The minimum atomic E-state index is 1.16. The number of rotatable bonds is 8. The maximum absolute atomic E-state index is 4.01. The van der Waals surface area contributed by atoms with Crippen LogP contribution in [-0.2, 0) is 0 Å². The van der Waals surface area contributed by atoms with Gasteiger partial charge in [-0.05, 0) is 19.3 Å². The lowest BCUT2D eigenvalue weighted by atomic mass is 10.1. The molecule has 0 aliphatic carbocycles. The third kappa shape index (κ3) is 7.84. The molecule has 0 aliphatic heterocycles. The van der Waals surface area contributed by atoms with E-state index in [0.29, 0.717) is 0 Å². The summed E-state index contributed by atoms with van der Waals surface area (Å²) in [6.07, 6.45) is 10.8. The van der Waals surface area contributed by atoms with E-state index in [0.717, 1.165) is 6.42 Å². The summed E-state index contributed by atoms with van der Waals surface area (Å²) in [7, 11) is 0. The Labute approximate surface area is 78.1 Å². The van der Waals surface area contributed by atoms with Gasteiger partial charge in [-0.25, -0.2) is 0 Å². The molecule has 0 aromatic rings. The fraction of sp³-hybridized carbons (Fsp3) is 0.833. The summed E-state index contributed by atoms with van der Waals surface area (Å²) in [6, 6.07) is 0. The summed E-state index contributed by atoms with van der Waals surface area (Å²) < 4.78 is 0. The standard InChI is InChI=1S/C12H24/c1-4-6-7-8-9-10-11-12(3)5-2/h3-11H2,1-2H3. The average molecular weight is 168 g/mol. The van der Waals surface area contributed by atoms with E-state index in [9.17, 15) is 0 Å². The van der Waals surface area contributed by atoms with Crippen molar-refractivity contribution < 1.29 is 0 Å². The smallest absolute Gasteiger partial charge is 0.0323 e. The summed E-state index contributed by atoms with van der Waals surface area (Å²) in [6.45, 7) is 8.46. The largest absolute Gasteiger partial charge is 0.0999 e. The topological polar surface area (TPSA) is 0 Å². The van der Waals surface area contributed by atoms with E-state index in [4.69, 9.17) is 0 Å². The molecule has 0 aromatic heterocycles. The van der Waals surface area contributed by atoms with Crippen LogP contribution in [0.4, 0.5) is 0 Å². The Morgan fingerprint density at radius 1 is 0.917 bits per heavy atom.